The van der Waals surface area contributed by atoms with Crippen molar-refractivity contribution < 1.29 is 18.3 Å². The molecule has 0 amide bonds. The lowest BCUT2D eigenvalue weighted by atomic mass is 9.75. The van der Waals surface area contributed by atoms with Gasteiger partial charge in [0.25, 0.3) is 0 Å². The van der Waals surface area contributed by atoms with Gasteiger partial charge in [-0.05, 0) is 45.4 Å². The van der Waals surface area contributed by atoms with Gasteiger partial charge in [-0.1, -0.05) is 19.3 Å². The molecule has 1 aliphatic heterocycles. The van der Waals surface area contributed by atoms with Gasteiger partial charge in [-0.3, -0.25) is 4.79 Å². The van der Waals surface area contributed by atoms with E-state index in [-0.39, 0.29) is 11.2 Å². The number of hydrogen-bond donors (Lipinski definition) is 1. The van der Waals surface area contributed by atoms with Gasteiger partial charge in [-0.15, -0.1) is 0 Å². The van der Waals surface area contributed by atoms with Crippen molar-refractivity contribution in [2.45, 2.75) is 64.0 Å². The van der Waals surface area contributed by atoms with Crippen LogP contribution in [0.2, 0.25) is 0 Å². The SMILES string of the molecule is CC(C)(C(=O)O)C1CCCN(S(=O)(=O)C2CCCCC2)C1. The first-order valence-corrected chi connectivity index (χ1v) is 9.49. The number of aliphatic carboxylic acids is 1. The fraction of sp³-hybridized carbons (Fsp3) is 0.933. The molecular weight excluding hydrogens is 290 g/mol. The summed E-state index contributed by atoms with van der Waals surface area (Å²) >= 11 is 0. The monoisotopic (exact) mass is 317 g/mol. The van der Waals surface area contributed by atoms with Gasteiger partial charge >= 0.3 is 5.97 Å². The van der Waals surface area contributed by atoms with Crippen LogP contribution >= 0.6 is 0 Å². The molecule has 0 aromatic heterocycles. The zero-order chi connectivity index (χ0) is 15.7. The van der Waals surface area contributed by atoms with Gasteiger partial charge in [0.1, 0.15) is 0 Å². The number of piperidine rings is 1. The molecular formula is C15H27NO4S. The number of nitrogens with zero attached hydrogens (tertiary/aromatic N) is 1. The maximum atomic E-state index is 12.8. The number of carboxylic acid groups (broad SMARTS) is 1. The Kier molecular flexibility index (Phi) is 4.98. The minimum atomic E-state index is -3.26. The summed E-state index contributed by atoms with van der Waals surface area (Å²) in [5.74, 6) is -0.952. The zero-order valence-corrected chi connectivity index (χ0v) is 13.9. The zero-order valence-electron chi connectivity index (χ0n) is 13.0. The molecule has 5 nitrogen and oxygen atoms in total. The van der Waals surface area contributed by atoms with Crippen molar-refractivity contribution in [1.29, 1.82) is 0 Å². The number of carboxylic acids is 1. The molecule has 0 bridgehead atoms. The third kappa shape index (κ3) is 3.42. The number of sulfonamides is 1. The molecule has 2 rings (SSSR count). The van der Waals surface area contributed by atoms with E-state index in [2.05, 4.69) is 0 Å². The van der Waals surface area contributed by atoms with E-state index in [1.807, 2.05) is 0 Å². The largest absolute Gasteiger partial charge is 0.481 e. The molecule has 0 spiro atoms. The molecule has 1 atom stereocenters. The first-order valence-electron chi connectivity index (χ1n) is 7.98. The minimum absolute atomic E-state index is 0.109. The van der Waals surface area contributed by atoms with Gasteiger partial charge < -0.3 is 5.11 Å². The molecule has 1 aliphatic carbocycles. The molecule has 122 valence electrons. The van der Waals surface area contributed by atoms with E-state index in [0.717, 1.165) is 44.9 Å². The Labute approximate surface area is 127 Å². The van der Waals surface area contributed by atoms with Gasteiger partial charge in [-0.25, -0.2) is 12.7 Å². The van der Waals surface area contributed by atoms with Crippen LogP contribution in [-0.2, 0) is 14.8 Å². The third-order valence-electron chi connectivity index (χ3n) is 5.29. The van der Waals surface area contributed by atoms with E-state index >= 15 is 0 Å². The van der Waals surface area contributed by atoms with Crippen molar-refractivity contribution in [1.82, 2.24) is 4.31 Å². The van der Waals surface area contributed by atoms with Gasteiger partial charge in [0.15, 0.2) is 0 Å². The summed E-state index contributed by atoms with van der Waals surface area (Å²) < 4.78 is 27.1. The van der Waals surface area contributed by atoms with Crippen LogP contribution in [0.5, 0.6) is 0 Å². The second kappa shape index (κ2) is 6.24. The van der Waals surface area contributed by atoms with Crippen LogP contribution in [0.4, 0.5) is 0 Å². The second-order valence-electron chi connectivity index (χ2n) is 7.03. The summed E-state index contributed by atoms with van der Waals surface area (Å²) in [4.78, 5) is 11.4. The van der Waals surface area contributed by atoms with Gasteiger partial charge in [0, 0.05) is 13.1 Å². The average molecular weight is 317 g/mol. The quantitative estimate of drug-likeness (QED) is 0.864. The van der Waals surface area contributed by atoms with Crippen molar-refractivity contribution in [3.05, 3.63) is 0 Å². The van der Waals surface area contributed by atoms with Crippen molar-refractivity contribution in [2.75, 3.05) is 13.1 Å². The topological polar surface area (TPSA) is 74.7 Å². The standard InChI is InChI=1S/C15H27NO4S/c1-15(2,14(17)18)12-7-6-10-16(11-12)21(19,20)13-8-4-3-5-9-13/h12-13H,3-11H2,1-2H3,(H,17,18). The van der Waals surface area contributed by atoms with Crippen LogP contribution in [0.1, 0.15) is 58.8 Å². The van der Waals surface area contributed by atoms with E-state index in [9.17, 15) is 18.3 Å². The Morgan fingerprint density at radius 3 is 2.29 bits per heavy atom. The van der Waals surface area contributed by atoms with Crippen molar-refractivity contribution in [2.24, 2.45) is 11.3 Å². The summed E-state index contributed by atoms with van der Waals surface area (Å²) in [6.45, 7) is 4.32. The highest BCUT2D eigenvalue weighted by atomic mass is 32.2. The van der Waals surface area contributed by atoms with Crippen LogP contribution in [0.25, 0.3) is 0 Å². The summed E-state index contributed by atoms with van der Waals surface area (Å²) in [6, 6.07) is 0. The predicted molar refractivity (Wildman–Crippen MR) is 81.5 cm³/mol. The van der Waals surface area contributed by atoms with E-state index in [0.29, 0.717) is 13.1 Å². The van der Waals surface area contributed by atoms with Crippen molar-refractivity contribution in [3.63, 3.8) is 0 Å². The molecule has 0 aromatic rings. The summed E-state index contributed by atoms with van der Waals surface area (Å²) in [6.07, 6.45) is 6.16. The highest BCUT2D eigenvalue weighted by Crippen LogP contribution is 2.36. The minimum Gasteiger partial charge on any atom is -0.481 e. The highest BCUT2D eigenvalue weighted by molar-refractivity contribution is 7.89. The van der Waals surface area contributed by atoms with E-state index < -0.39 is 21.4 Å². The molecule has 0 radical (unpaired) electrons. The lowest BCUT2D eigenvalue weighted by Gasteiger charge is -2.40. The summed E-state index contributed by atoms with van der Waals surface area (Å²) in [5, 5.41) is 9.11. The van der Waals surface area contributed by atoms with Gasteiger partial charge in [0.05, 0.1) is 10.7 Å². The smallest absolute Gasteiger partial charge is 0.309 e. The lowest BCUT2D eigenvalue weighted by Crippen LogP contribution is -2.49. The molecule has 6 heteroatoms. The van der Waals surface area contributed by atoms with Gasteiger partial charge in [-0.2, -0.15) is 0 Å². The van der Waals surface area contributed by atoms with Gasteiger partial charge in [0.2, 0.25) is 10.0 Å². The molecule has 2 fully saturated rings. The van der Waals surface area contributed by atoms with E-state index in [1.54, 1.807) is 18.2 Å². The summed E-state index contributed by atoms with van der Waals surface area (Å²) in [7, 11) is -3.26. The van der Waals surface area contributed by atoms with E-state index in [1.165, 1.54) is 0 Å². The van der Waals surface area contributed by atoms with Crippen LogP contribution in [-0.4, -0.2) is 42.1 Å². The Bertz CT molecular complexity index is 480. The van der Waals surface area contributed by atoms with Crippen LogP contribution < -0.4 is 0 Å². The van der Waals surface area contributed by atoms with Crippen molar-refractivity contribution in [3.8, 4) is 0 Å². The lowest BCUT2D eigenvalue weighted by molar-refractivity contribution is -0.151. The fourth-order valence-corrected chi connectivity index (χ4v) is 5.63. The first kappa shape index (κ1) is 16.7. The Morgan fingerprint density at radius 2 is 1.71 bits per heavy atom. The Morgan fingerprint density at radius 1 is 1.10 bits per heavy atom. The third-order valence-corrected chi connectivity index (χ3v) is 7.65. The van der Waals surface area contributed by atoms with Crippen LogP contribution in [0.15, 0.2) is 0 Å². The molecule has 21 heavy (non-hydrogen) atoms. The molecule has 1 unspecified atom stereocenters. The number of rotatable bonds is 4. The molecule has 2 aliphatic rings. The van der Waals surface area contributed by atoms with Crippen LogP contribution in [0.3, 0.4) is 0 Å². The maximum absolute atomic E-state index is 12.8. The molecule has 0 aromatic carbocycles. The Hall–Kier alpha value is -0.620. The Balaban J connectivity index is 2.11. The molecule has 1 heterocycles. The summed E-state index contributed by atoms with van der Waals surface area (Å²) in [5.41, 5.74) is -0.874. The molecule has 1 N–H and O–H groups in total. The normalized spacial score (nSPS) is 26.7. The number of hydrogen-bond acceptors (Lipinski definition) is 3. The van der Waals surface area contributed by atoms with Crippen LogP contribution in [0, 0.1) is 11.3 Å². The predicted octanol–water partition coefficient (Wildman–Crippen LogP) is 2.47. The molecule has 1 saturated heterocycles. The van der Waals surface area contributed by atoms with E-state index in [4.69, 9.17) is 0 Å². The molecule has 1 saturated carbocycles. The average Bonchev–Trinajstić information content (AvgIpc) is 2.48. The second-order valence-corrected chi connectivity index (χ2v) is 9.24. The maximum Gasteiger partial charge on any atom is 0.309 e. The number of carbonyl (C=O) groups is 1. The first-order chi connectivity index (χ1) is 9.76. The highest BCUT2D eigenvalue weighted by Gasteiger charge is 2.43. The van der Waals surface area contributed by atoms with Crippen molar-refractivity contribution >= 4 is 16.0 Å². The fourth-order valence-electron chi connectivity index (χ4n) is 3.51.